The second-order valence-electron chi connectivity index (χ2n) is 16.9. The molecule has 0 spiro atoms. The lowest BCUT2D eigenvalue weighted by Gasteiger charge is -2.23. The predicted octanol–water partition coefficient (Wildman–Crippen LogP) is -7.43. The fourth-order valence-electron chi connectivity index (χ4n) is 7.27. The summed E-state index contributed by atoms with van der Waals surface area (Å²) in [5.74, 6) is -13.4. The number of fused-ring (bicyclic) bond motifs is 2. The topological polar surface area (TPSA) is 495 Å². The van der Waals surface area contributed by atoms with E-state index in [0.29, 0.717) is 5.56 Å². The fourth-order valence-corrected chi connectivity index (χ4v) is 7.27. The van der Waals surface area contributed by atoms with E-state index in [1.54, 1.807) is 18.5 Å². The molecule has 5 atom stereocenters. The van der Waals surface area contributed by atoms with E-state index >= 15 is 0 Å². The van der Waals surface area contributed by atoms with Crippen molar-refractivity contribution in [1.29, 1.82) is 0 Å². The molecule has 0 aliphatic heterocycles. The summed E-state index contributed by atoms with van der Waals surface area (Å²) in [4.78, 5) is 181. The smallest absolute Gasteiger partial charge is 0.243 e. The number of hydrogen-bond donors (Lipinski definition) is 16. The summed E-state index contributed by atoms with van der Waals surface area (Å²) >= 11 is 0. The maximum Gasteiger partial charge on any atom is 0.243 e. The molecule has 76 heavy (non-hydrogen) atoms. The van der Waals surface area contributed by atoms with Gasteiger partial charge in [0.15, 0.2) is 0 Å². The third kappa shape index (κ3) is 19.3. The molecule has 0 aliphatic carbocycles. The minimum absolute atomic E-state index is 0.0251. The number of para-hydroxylation sites is 2. The molecule has 2 aromatic heterocycles. The highest BCUT2D eigenvalue weighted by Crippen LogP contribution is 2.21. The Bertz CT molecular complexity index is 2880. The third-order valence-electron chi connectivity index (χ3n) is 10.9. The average Bonchev–Trinajstić information content (AvgIpc) is 3.97. The molecule has 4 rings (SSSR count). The van der Waals surface area contributed by atoms with Crippen molar-refractivity contribution in [3.63, 3.8) is 0 Å². The maximum absolute atomic E-state index is 13.8. The van der Waals surface area contributed by atoms with E-state index in [2.05, 4.69) is 57.8 Å². The van der Waals surface area contributed by atoms with Crippen molar-refractivity contribution in [2.75, 3.05) is 32.7 Å². The largest absolute Gasteiger partial charge is 0.370 e. The van der Waals surface area contributed by atoms with E-state index in [9.17, 15) is 67.1 Å². The highest BCUT2D eigenvalue weighted by Gasteiger charge is 2.32. The summed E-state index contributed by atoms with van der Waals surface area (Å²) < 4.78 is 0. The highest BCUT2D eigenvalue weighted by molar-refractivity contribution is 6.00. The van der Waals surface area contributed by atoms with Gasteiger partial charge in [0.05, 0.1) is 52.0 Å². The van der Waals surface area contributed by atoms with Crippen LogP contribution in [-0.2, 0) is 80.0 Å². The lowest BCUT2D eigenvalue weighted by molar-refractivity contribution is -0.136. The quantitative estimate of drug-likeness (QED) is 0.0231. The van der Waals surface area contributed by atoms with Crippen LogP contribution < -0.4 is 76.1 Å². The molecule has 0 saturated carbocycles. The number of primary amides is 4. The Morgan fingerprint density at radius 2 is 0.750 bits per heavy atom. The summed E-state index contributed by atoms with van der Waals surface area (Å²) in [5, 5.41) is 24.4. The zero-order valence-electron chi connectivity index (χ0n) is 40.8. The summed E-state index contributed by atoms with van der Waals surface area (Å²) in [5.41, 5.74) is 23.6. The number of nitrogens with one attached hydrogen (secondary N) is 12. The van der Waals surface area contributed by atoms with Gasteiger partial charge in [0, 0.05) is 54.0 Å². The van der Waals surface area contributed by atoms with Crippen LogP contribution in [-0.4, -0.2) is 156 Å². The minimum atomic E-state index is -1.81. The molecule has 0 unspecified atom stereocenters. The Balaban J connectivity index is 1.22. The number of aromatic nitrogens is 2. The second kappa shape index (κ2) is 28.4. The molecule has 2 aromatic carbocycles. The molecule has 0 aliphatic rings. The van der Waals surface area contributed by atoms with E-state index in [4.69, 9.17) is 22.9 Å². The zero-order chi connectivity index (χ0) is 56.1. The van der Waals surface area contributed by atoms with Crippen LogP contribution in [0.25, 0.3) is 21.8 Å². The molecule has 2 heterocycles. The summed E-state index contributed by atoms with van der Waals surface area (Å²) in [6, 6.07) is 7.07. The average molecular weight is 1060 g/mol. The van der Waals surface area contributed by atoms with Crippen LogP contribution in [0, 0.1) is 0 Å². The highest BCUT2D eigenvalue weighted by atomic mass is 16.2. The number of aromatic amines is 2. The third-order valence-corrected chi connectivity index (χ3v) is 10.9. The normalized spacial score (nSPS) is 12.7. The van der Waals surface area contributed by atoms with Crippen LogP contribution in [0.1, 0.15) is 37.3 Å². The lowest BCUT2D eigenvalue weighted by atomic mass is 10.0. The van der Waals surface area contributed by atoms with Gasteiger partial charge >= 0.3 is 0 Å². The van der Waals surface area contributed by atoms with Crippen LogP contribution in [0.4, 0.5) is 0 Å². The Labute approximate surface area is 430 Å². The van der Waals surface area contributed by atoms with Gasteiger partial charge in [-0.25, -0.2) is 0 Å². The Morgan fingerprint density at radius 3 is 1.17 bits per heavy atom. The molecule has 30 nitrogen and oxygen atoms in total. The van der Waals surface area contributed by atoms with Gasteiger partial charge in [0.2, 0.25) is 82.7 Å². The first-order chi connectivity index (χ1) is 36.0. The van der Waals surface area contributed by atoms with Crippen molar-refractivity contribution in [2.45, 2.75) is 69.2 Å². The number of nitrogens with two attached hydrogens (primary N) is 4. The molecule has 4 aromatic rings. The van der Waals surface area contributed by atoms with Gasteiger partial charge < -0.3 is 86.1 Å². The summed E-state index contributed by atoms with van der Waals surface area (Å²) in [7, 11) is 0. The summed E-state index contributed by atoms with van der Waals surface area (Å²) in [6.45, 7) is -2.28. The first-order valence-electron chi connectivity index (χ1n) is 23.1. The molecule has 0 bridgehead atoms. The lowest BCUT2D eigenvalue weighted by Crippen LogP contribution is -2.58. The van der Waals surface area contributed by atoms with Crippen molar-refractivity contribution >= 4 is 105 Å². The van der Waals surface area contributed by atoms with E-state index in [0.717, 1.165) is 27.4 Å². The number of rotatable bonds is 30. The number of benzene rings is 2. The fraction of sp³-hybridized carbons (Fsp3) is 0.348. The number of hydrogen-bond acceptors (Lipinski definition) is 14. The molecular formula is C46H58N16O14. The number of amides is 14. The Morgan fingerprint density at radius 1 is 0.408 bits per heavy atom. The van der Waals surface area contributed by atoms with Crippen molar-refractivity contribution in [3.8, 4) is 0 Å². The number of carbonyl (C=O) groups is 14. The van der Waals surface area contributed by atoms with E-state index < -0.39 is 165 Å². The first kappa shape index (κ1) is 58.7. The molecule has 0 fully saturated rings. The molecule has 0 saturated heterocycles. The van der Waals surface area contributed by atoms with Crippen LogP contribution in [0.2, 0.25) is 0 Å². The molecule has 30 heteroatoms. The molecule has 20 N–H and O–H groups in total. The van der Waals surface area contributed by atoms with Crippen LogP contribution >= 0.6 is 0 Å². The van der Waals surface area contributed by atoms with Gasteiger partial charge in [-0.05, 0) is 23.3 Å². The van der Waals surface area contributed by atoms with E-state index in [1.807, 2.05) is 47.8 Å². The SMILES string of the molecule is CC(=O)N[C@@H](Cc1c[nH]c2ccccc12)C(=O)N[C@@H](Cc1c[nH]c2ccccc12)C(=O)NCC(=O)NCC(=O)NCC(=O)NCC(=O)NCC(=O)N[C@@H](CC(N)=O)C(=O)N[C@@H](CC(N)=O)C(=O)N[C@@H](CC(N)=O)C(N)=O. The standard InChI is InChI=1S/C46H58N16O14/c1-22(63)58-31(11-24-16-52-28-9-5-3-7-26(24)28)44(74)61-30(10-23-15-51-27-8-4-2-6-25(23)27)43(73)57-20-40(70)55-18-38(68)53-17-37(67)54-19-39(69)56-21-41(71)59-32(13-35(48)65)45(75)62-33(14-36(49)66)46(76)60-29(42(50)72)12-34(47)64/h2-9,15-16,29-33,51-52H,10-14,17-21H2,1H3,(H2,47,64)(H2,48,65)(H2,49,66)(H2,50,72)(H,53,68)(H,54,67)(H,55,70)(H,56,69)(H,57,73)(H,58,63)(H,59,71)(H,60,76)(H,61,74)(H,62,75)/t29-,30-,31-,32-,33-/m0/s1. The maximum atomic E-state index is 13.8. The zero-order valence-corrected chi connectivity index (χ0v) is 40.8. The van der Waals surface area contributed by atoms with Gasteiger partial charge in [0.1, 0.15) is 30.2 Å². The molecular weight excluding hydrogens is 1000 g/mol. The van der Waals surface area contributed by atoms with E-state index in [1.165, 1.54) is 6.92 Å². The van der Waals surface area contributed by atoms with Crippen LogP contribution in [0.5, 0.6) is 0 Å². The van der Waals surface area contributed by atoms with Gasteiger partial charge in [-0.1, -0.05) is 36.4 Å². The van der Waals surface area contributed by atoms with Crippen molar-refractivity contribution < 1.29 is 67.1 Å². The molecule has 0 radical (unpaired) electrons. The van der Waals surface area contributed by atoms with Crippen molar-refractivity contribution in [3.05, 3.63) is 72.1 Å². The van der Waals surface area contributed by atoms with Gasteiger partial charge in [-0.2, -0.15) is 0 Å². The molecule has 406 valence electrons. The summed E-state index contributed by atoms with van der Waals surface area (Å²) in [6.07, 6.45) is 1.01. The van der Waals surface area contributed by atoms with Crippen LogP contribution in [0.15, 0.2) is 60.9 Å². The molecule has 14 amide bonds. The van der Waals surface area contributed by atoms with Crippen molar-refractivity contribution in [2.24, 2.45) is 22.9 Å². The first-order valence-corrected chi connectivity index (χ1v) is 23.1. The number of carbonyl (C=O) groups excluding carboxylic acids is 14. The second-order valence-corrected chi connectivity index (χ2v) is 16.9. The number of H-pyrrole nitrogens is 2. The Hall–Kier alpha value is -9.90. The van der Waals surface area contributed by atoms with Gasteiger partial charge in [-0.15, -0.1) is 0 Å². The monoisotopic (exact) mass is 1060 g/mol. The van der Waals surface area contributed by atoms with Crippen molar-refractivity contribution in [1.82, 2.24) is 63.1 Å². The van der Waals surface area contributed by atoms with E-state index in [-0.39, 0.29) is 12.8 Å². The minimum Gasteiger partial charge on any atom is -0.370 e. The Kier molecular flexibility index (Phi) is 21.9. The van der Waals surface area contributed by atoms with Crippen LogP contribution in [0.3, 0.4) is 0 Å². The predicted molar refractivity (Wildman–Crippen MR) is 265 cm³/mol. The van der Waals surface area contributed by atoms with Gasteiger partial charge in [0.25, 0.3) is 0 Å². The van der Waals surface area contributed by atoms with Gasteiger partial charge in [-0.3, -0.25) is 67.1 Å².